The molecule has 0 saturated heterocycles. The predicted octanol–water partition coefficient (Wildman–Crippen LogP) is 3.03. The molecule has 0 unspecified atom stereocenters. The number of para-hydroxylation sites is 1. The van der Waals surface area contributed by atoms with Crippen molar-refractivity contribution < 1.29 is 19.0 Å². The molecule has 0 fully saturated rings. The first-order valence-electron chi connectivity index (χ1n) is 6.83. The Balaban J connectivity index is 1.98. The summed E-state index contributed by atoms with van der Waals surface area (Å²) in [6, 6.07) is 12.7. The van der Waals surface area contributed by atoms with Crippen LogP contribution >= 0.6 is 0 Å². The largest absolute Gasteiger partial charge is 0.497 e. The molecular formula is C17H19NO4. The molecule has 22 heavy (non-hydrogen) atoms. The number of amides is 1. The summed E-state index contributed by atoms with van der Waals surface area (Å²) in [6.07, 6.45) is 0. The smallest absolute Gasteiger partial charge is 0.262 e. The third-order valence-corrected chi connectivity index (χ3v) is 3.09. The quantitative estimate of drug-likeness (QED) is 0.891. The summed E-state index contributed by atoms with van der Waals surface area (Å²) in [6.45, 7) is 1.87. The minimum atomic E-state index is -0.251. The Labute approximate surface area is 129 Å². The standard InChI is InChI=1S/C17H19NO4/c1-12-6-4-5-7-16(12)22-11-17(19)18-13-8-14(20-2)10-15(9-13)21-3/h4-10H,11H2,1-3H3,(H,18,19). The molecule has 1 amide bonds. The van der Waals surface area contributed by atoms with Crippen LogP contribution in [0.2, 0.25) is 0 Å². The molecule has 0 spiro atoms. The van der Waals surface area contributed by atoms with E-state index < -0.39 is 0 Å². The van der Waals surface area contributed by atoms with Gasteiger partial charge in [0.1, 0.15) is 17.2 Å². The molecule has 0 aromatic heterocycles. The van der Waals surface area contributed by atoms with Gasteiger partial charge in [-0.1, -0.05) is 18.2 Å². The van der Waals surface area contributed by atoms with Crippen molar-refractivity contribution in [2.45, 2.75) is 6.92 Å². The number of ether oxygens (including phenoxy) is 3. The molecule has 116 valence electrons. The molecule has 0 bridgehead atoms. The number of hydrogen-bond acceptors (Lipinski definition) is 4. The van der Waals surface area contributed by atoms with Crippen LogP contribution in [0.25, 0.3) is 0 Å². The van der Waals surface area contributed by atoms with Crippen LogP contribution in [-0.2, 0) is 4.79 Å². The fourth-order valence-corrected chi connectivity index (χ4v) is 1.94. The minimum Gasteiger partial charge on any atom is -0.497 e. The second kappa shape index (κ2) is 7.36. The Bertz CT molecular complexity index is 633. The zero-order valence-electron chi connectivity index (χ0n) is 12.9. The number of anilines is 1. The number of rotatable bonds is 6. The molecule has 1 N–H and O–H groups in total. The maximum atomic E-state index is 12.0. The molecule has 0 aliphatic rings. The highest BCUT2D eigenvalue weighted by molar-refractivity contribution is 5.92. The molecule has 0 heterocycles. The van der Waals surface area contributed by atoms with E-state index in [9.17, 15) is 4.79 Å². The summed E-state index contributed by atoms with van der Waals surface area (Å²) in [5.41, 5.74) is 1.58. The number of benzene rings is 2. The second-order valence-corrected chi connectivity index (χ2v) is 4.70. The first-order chi connectivity index (χ1) is 10.6. The number of carbonyl (C=O) groups is 1. The summed E-state index contributed by atoms with van der Waals surface area (Å²) in [4.78, 5) is 12.0. The Morgan fingerprint density at radius 2 is 1.68 bits per heavy atom. The molecule has 5 heteroatoms. The lowest BCUT2D eigenvalue weighted by Gasteiger charge is -2.11. The fourth-order valence-electron chi connectivity index (χ4n) is 1.94. The highest BCUT2D eigenvalue weighted by Crippen LogP contribution is 2.25. The molecule has 0 aliphatic carbocycles. The molecule has 2 aromatic rings. The molecule has 0 saturated carbocycles. The van der Waals surface area contributed by atoms with Crippen molar-refractivity contribution in [3.63, 3.8) is 0 Å². The van der Waals surface area contributed by atoms with Gasteiger partial charge >= 0.3 is 0 Å². The van der Waals surface area contributed by atoms with E-state index in [4.69, 9.17) is 14.2 Å². The van der Waals surface area contributed by atoms with Gasteiger partial charge in [0.05, 0.1) is 14.2 Å². The van der Waals surface area contributed by atoms with Crippen molar-refractivity contribution in [2.24, 2.45) is 0 Å². The van der Waals surface area contributed by atoms with Crippen molar-refractivity contribution in [3.8, 4) is 17.2 Å². The molecular weight excluding hydrogens is 282 g/mol. The van der Waals surface area contributed by atoms with Crippen LogP contribution in [-0.4, -0.2) is 26.7 Å². The van der Waals surface area contributed by atoms with Crippen LogP contribution in [0.3, 0.4) is 0 Å². The highest BCUT2D eigenvalue weighted by Gasteiger charge is 2.08. The molecule has 2 aromatic carbocycles. The van der Waals surface area contributed by atoms with Gasteiger partial charge in [0.2, 0.25) is 0 Å². The van der Waals surface area contributed by atoms with Crippen LogP contribution in [0.1, 0.15) is 5.56 Å². The Hall–Kier alpha value is -2.69. The second-order valence-electron chi connectivity index (χ2n) is 4.70. The van der Waals surface area contributed by atoms with Crippen molar-refractivity contribution in [3.05, 3.63) is 48.0 Å². The van der Waals surface area contributed by atoms with Gasteiger partial charge in [-0.25, -0.2) is 0 Å². The van der Waals surface area contributed by atoms with Crippen molar-refractivity contribution >= 4 is 11.6 Å². The third kappa shape index (κ3) is 4.15. The van der Waals surface area contributed by atoms with Gasteiger partial charge in [-0.2, -0.15) is 0 Å². The Morgan fingerprint density at radius 3 is 2.27 bits per heavy atom. The molecule has 0 aliphatic heterocycles. The third-order valence-electron chi connectivity index (χ3n) is 3.09. The van der Waals surface area contributed by atoms with Crippen LogP contribution < -0.4 is 19.5 Å². The summed E-state index contributed by atoms with van der Waals surface area (Å²) in [5.74, 6) is 1.66. The lowest BCUT2D eigenvalue weighted by molar-refractivity contribution is -0.118. The summed E-state index contributed by atoms with van der Waals surface area (Å²) >= 11 is 0. The number of nitrogens with one attached hydrogen (secondary N) is 1. The van der Waals surface area contributed by atoms with E-state index >= 15 is 0 Å². The SMILES string of the molecule is COc1cc(NC(=O)COc2ccccc2C)cc(OC)c1. The van der Waals surface area contributed by atoms with Crippen molar-refractivity contribution in [1.29, 1.82) is 0 Å². The molecule has 0 atom stereocenters. The Kier molecular flexibility index (Phi) is 5.25. The van der Waals surface area contributed by atoms with Gasteiger partial charge in [-0.3, -0.25) is 4.79 Å². The van der Waals surface area contributed by atoms with Gasteiger partial charge in [0.15, 0.2) is 6.61 Å². The lowest BCUT2D eigenvalue weighted by Crippen LogP contribution is -2.20. The van der Waals surface area contributed by atoms with E-state index in [1.165, 1.54) is 0 Å². The minimum absolute atomic E-state index is 0.0651. The first-order valence-corrected chi connectivity index (χ1v) is 6.83. The highest BCUT2D eigenvalue weighted by atomic mass is 16.5. The monoisotopic (exact) mass is 301 g/mol. The number of hydrogen-bond donors (Lipinski definition) is 1. The van der Waals surface area contributed by atoms with Gasteiger partial charge in [-0.05, 0) is 18.6 Å². The predicted molar refractivity (Wildman–Crippen MR) is 84.8 cm³/mol. The number of aryl methyl sites for hydroxylation is 1. The maximum Gasteiger partial charge on any atom is 0.262 e. The summed E-state index contributed by atoms with van der Waals surface area (Å²) in [7, 11) is 3.11. The van der Waals surface area contributed by atoms with Gasteiger partial charge in [0.25, 0.3) is 5.91 Å². The van der Waals surface area contributed by atoms with Crippen molar-refractivity contribution in [2.75, 3.05) is 26.1 Å². The first kappa shape index (κ1) is 15.7. The topological polar surface area (TPSA) is 56.8 Å². The molecule has 5 nitrogen and oxygen atoms in total. The summed E-state index contributed by atoms with van der Waals surface area (Å²) < 4.78 is 15.8. The van der Waals surface area contributed by atoms with E-state index in [0.29, 0.717) is 22.9 Å². The van der Waals surface area contributed by atoms with E-state index in [1.807, 2.05) is 31.2 Å². The fraction of sp³-hybridized carbons (Fsp3) is 0.235. The zero-order valence-corrected chi connectivity index (χ0v) is 12.9. The normalized spacial score (nSPS) is 9.95. The van der Waals surface area contributed by atoms with Gasteiger partial charge < -0.3 is 19.5 Å². The van der Waals surface area contributed by atoms with Crippen molar-refractivity contribution in [1.82, 2.24) is 0 Å². The zero-order chi connectivity index (χ0) is 15.9. The average Bonchev–Trinajstić information content (AvgIpc) is 2.53. The maximum absolute atomic E-state index is 12.0. The van der Waals surface area contributed by atoms with E-state index in [0.717, 1.165) is 5.56 Å². The van der Waals surface area contributed by atoms with E-state index in [1.54, 1.807) is 32.4 Å². The van der Waals surface area contributed by atoms with E-state index in [-0.39, 0.29) is 12.5 Å². The average molecular weight is 301 g/mol. The van der Waals surface area contributed by atoms with Gasteiger partial charge in [0, 0.05) is 23.9 Å². The van der Waals surface area contributed by atoms with Crippen LogP contribution in [0, 0.1) is 6.92 Å². The number of methoxy groups -OCH3 is 2. The Morgan fingerprint density at radius 1 is 1.05 bits per heavy atom. The summed E-state index contributed by atoms with van der Waals surface area (Å²) in [5, 5.41) is 2.76. The van der Waals surface area contributed by atoms with Gasteiger partial charge in [-0.15, -0.1) is 0 Å². The lowest BCUT2D eigenvalue weighted by atomic mass is 10.2. The van der Waals surface area contributed by atoms with E-state index in [2.05, 4.69) is 5.32 Å². The number of carbonyl (C=O) groups excluding carboxylic acids is 1. The molecule has 0 radical (unpaired) electrons. The van der Waals surface area contributed by atoms with Crippen LogP contribution in [0.15, 0.2) is 42.5 Å². The van der Waals surface area contributed by atoms with Crippen LogP contribution in [0.4, 0.5) is 5.69 Å². The van der Waals surface area contributed by atoms with Crippen LogP contribution in [0.5, 0.6) is 17.2 Å². The molecule has 2 rings (SSSR count).